The largest absolute Gasteiger partial charge is 0.416 e. The molecule has 0 radical (unpaired) electrons. The van der Waals surface area contributed by atoms with Crippen LogP contribution in [0.1, 0.15) is 5.56 Å². The molecule has 2 aromatic heterocycles. The molecule has 2 heterocycles. The van der Waals surface area contributed by atoms with Crippen molar-refractivity contribution >= 4 is 0 Å². The molecular weight excluding hydrogens is 295 g/mol. The maximum atomic E-state index is 12.8. The quantitative estimate of drug-likeness (QED) is 0.730. The molecule has 7 heteroatoms. The van der Waals surface area contributed by atoms with Crippen molar-refractivity contribution in [2.45, 2.75) is 6.18 Å². The summed E-state index contributed by atoms with van der Waals surface area (Å²) in [6.45, 7) is 0. The minimum atomic E-state index is -4.46. The molecule has 0 spiro atoms. The summed E-state index contributed by atoms with van der Waals surface area (Å²) in [5.74, 6) is 0. The summed E-state index contributed by atoms with van der Waals surface area (Å²) in [4.78, 5) is 12.4. The van der Waals surface area contributed by atoms with Crippen LogP contribution in [0, 0.1) is 0 Å². The van der Waals surface area contributed by atoms with Crippen molar-refractivity contribution in [2.24, 2.45) is 0 Å². The molecule has 0 fully saturated rings. The van der Waals surface area contributed by atoms with Gasteiger partial charge in [-0.1, -0.05) is 6.07 Å². The van der Waals surface area contributed by atoms with E-state index in [-0.39, 0.29) is 11.4 Å². The third-order valence-electron chi connectivity index (χ3n) is 3.13. The van der Waals surface area contributed by atoms with Gasteiger partial charge in [-0.15, -0.1) is 0 Å². The number of pyridine rings is 1. The van der Waals surface area contributed by atoms with Gasteiger partial charge in [0.05, 0.1) is 5.56 Å². The molecule has 4 nitrogen and oxygen atoms in total. The van der Waals surface area contributed by atoms with E-state index in [0.29, 0.717) is 0 Å². The number of halogens is 3. The van der Waals surface area contributed by atoms with E-state index in [2.05, 4.69) is 5.10 Å². The van der Waals surface area contributed by atoms with Crippen molar-refractivity contribution in [3.63, 3.8) is 0 Å². The average Bonchev–Trinajstić information content (AvgIpc) is 3.01. The molecule has 0 amide bonds. The highest BCUT2D eigenvalue weighted by Crippen LogP contribution is 2.30. The zero-order chi connectivity index (χ0) is 15.7. The van der Waals surface area contributed by atoms with Crippen LogP contribution in [0.5, 0.6) is 0 Å². The fraction of sp³-hybridized carbons (Fsp3) is 0.0667. The van der Waals surface area contributed by atoms with Crippen molar-refractivity contribution < 1.29 is 13.2 Å². The molecule has 0 unspecified atom stereocenters. The van der Waals surface area contributed by atoms with Gasteiger partial charge in [-0.05, 0) is 36.4 Å². The minimum Gasteiger partial charge on any atom is -0.282 e. The number of rotatable bonds is 2. The Hall–Kier alpha value is -2.83. The standard InChI is InChI=1S/C15H10F3N3O/c16-15(17,18)11-4-1-5-12(10-11)20-8-2-6-13(14(20)22)21-9-3-7-19-21/h1-10H. The Bertz CT molecular complexity index is 851. The third kappa shape index (κ3) is 2.52. The summed E-state index contributed by atoms with van der Waals surface area (Å²) in [6.07, 6.45) is 0.0678. The van der Waals surface area contributed by atoms with Gasteiger partial charge in [0.15, 0.2) is 0 Å². The lowest BCUT2D eigenvalue weighted by molar-refractivity contribution is -0.137. The fourth-order valence-corrected chi connectivity index (χ4v) is 2.10. The molecule has 0 bridgehead atoms. The highest BCUT2D eigenvalue weighted by atomic mass is 19.4. The van der Waals surface area contributed by atoms with E-state index in [1.165, 1.54) is 29.2 Å². The lowest BCUT2D eigenvalue weighted by Crippen LogP contribution is -2.22. The zero-order valence-electron chi connectivity index (χ0n) is 11.2. The van der Waals surface area contributed by atoms with E-state index in [1.807, 2.05) is 0 Å². The number of hydrogen-bond donors (Lipinski definition) is 0. The van der Waals surface area contributed by atoms with Crippen LogP contribution in [-0.2, 0) is 6.18 Å². The van der Waals surface area contributed by atoms with Crippen molar-refractivity contribution in [2.75, 3.05) is 0 Å². The second-order valence-corrected chi connectivity index (χ2v) is 4.57. The van der Waals surface area contributed by atoms with Crippen LogP contribution in [0.25, 0.3) is 11.4 Å². The van der Waals surface area contributed by atoms with Gasteiger partial charge in [0.1, 0.15) is 5.69 Å². The van der Waals surface area contributed by atoms with Gasteiger partial charge in [0.25, 0.3) is 5.56 Å². The second-order valence-electron chi connectivity index (χ2n) is 4.57. The highest BCUT2D eigenvalue weighted by molar-refractivity contribution is 5.40. The number of benzene rings is 1. The lowest BCUT2D eigenvalue weighted by atomic mass is 10.2. The van der Waals surface area contributed by atoms with E-state index >= 15 is 0 Å². The molecule has 3 aromatic rings. The summed E-state index contributed by atoms with van der Waals surface area (Å²) in [5.41, 5.74) is -0.856. The van der Waals surface area contributed by atoms with Gasteiger partial charge in [-0.25, -0.2) is 4.68 Å². The average molecular weight is 305 g/mol. The predicted octanol–water partition coefficient (Wildman–Crippen LogP) is 3.04. The van der Waals surface area contributed by atoms with E-state index in [1.54, 1.807) is 24.4 Å². The number of hydrogen-bond acceptors (Lipinski definition) is 2. The summed E-state index contributed by atoms with van der Waals surface area (Å²) >= 11 is 0. The van der Waals surface area contributed by atoms with Crippen LogP contribution in [0.15, 0.2) is 65.8 Å². The van der Waals surface area contributed by atoms with E-state index in [4.69, 9.17) is 0 Å². The SMILES string of the molecule is O=c1c(-n2cccn2)cccn1-c1cccc(C(F)(F)F)c1. The molecule has 0 saturated carbocycles. The zero-order valence-corrected chi connectivity index (χ0v) is 11.2. The smallest absolute Gasteiger partial charge is 0.282 e. The number of nitrogens with zero attached hydrogens (tertiary/aromatic N) is 3. The normalized spacial score (nSPS) is 11.6. The second kappa shape index (κ2) is 5.18. The van der Waals surface area contributed by atoms with Crippen molar-refractivity contribution in [1.29, 1.82) is 0 Å². The van der Waals surface area contributed by atoms with Crippen molar-refractivity contribution in [3.8, 4) is 11.4 Å². The van der Waals surface area contributed by atoms with Gasteiger partial charge in [0.2, 0.25) is 0 Å². The van der Waals surface area contributed by atoms with Crippen LogP contribution < -0.4 is 5.56 Å². The fourth-order valence-electron chi connectivity index (χ4n) is 2.10. The molecule has 0 aliphatic carbocycles. The van der Waals surface area contributed by atoms with Gasteiger partial charge >= 0.3 is 6.18 Å². The number of aromatic nitrogens is 3. The molecule has 3 rings (SSSR count). The third-order valence-corrected chi connectivity index (χ3v) is 3.13. The summed E-state index contributed by atoms with van der Waals surface area (Å²) in [7, 11) is 0. The molecule has 0 atom stereocenters. The predicted molar refractivity (Wildman–Crippen MR) is 74.2 cm³/mol. The first kappa shape index (κ1) is 14.1. The number of alkyl halides is 3. The van der Waals surface area contributed by atoms with E-state index in [0.717, 1.165) is 16.7 Å². The Kier molecular flexibility index (Phi) is 3.32. The van der Waals surface area contributed by atoms with Crippen LogP contribution in [0.4, 0.5) is 13.2 Å². The molecule has 112 valence electrons. The molecule has 0 N–H and O–H groups in total. The maximum absolute atomic E-state index is 12.8. The van der Waals surface area contributed by atoms with Gasteiger partial charge < -0.3 is 0 Å². The molecule has 0 aliphatic rings. The summed E-state index contributed by atoms with van der Waals surface area (Å²) in [5, 5.41) is 3.96. The minimum absolute atomic E-state index is 0.147. The Morgan fingerprint density at radius 2 is 1.82 bits per heavy atom. The van der Waals surface area contributed by atoms with E-state index in [9.17, 15) is 18.0 Å². The highest BCUT2D eigenvalue weighted by Gasteiger charge is 2.30. The molecule has 0 aliphatic heterocycles. The van der Waals surface area contributed by atoms with Crippen LogP contribution in [-0.4, -0.2) is 14.3 Å². The first-order valence-corrected chi connectivity index (χ1v) is 6.36. The molecule has 1 aromatic carbocycles. The van der Waals surface area contributed by atoms with Crippen LogP contribution in [0.2, 0.25) is 0 Å². The Morgan fingerprint density at radius 1 is 1.00 bits per heavy atom. The lowest BCUT2D eigenvalue weighted by Gasteiger charge is -2.11. The Labute approximate surface area is 123 Å². The van der Waals surface area contributed by atoms with Crippen molar-refractivity contribution in [1.82, 2.24) is 14.3 Å². The topological polar surface area (TPSA) is 39.8 Å². The first-order chi connectivity index (χ1) is 10.5. The Morgan fingerprint density at radius 3 is 2.50 bits per heavy atom. The van der Waals surface area contributed by atoms with Gasteiger partial charge in [0, 0.05) is 24.3 Å². The molecule has 0 saturated heterocycles. The summed E-state index contributed by atoms with van der Waals surface area (Å²) < 4.78 is 40.9. The van der Waals surface area contributed by atoms with Gasteiger partial charge in [-0.2, -0.15) is 18.3 Å². The van der Waals surface area contributed by atoms with Crippen LogP contribution in [0.3, 0.4) is 0 Å². The van der Waals surface area contributed by atoms with Crippen LogP contribution >= 0.6 is 0 Å². The molecule has 22 heavy (non-hydrogen) atoms. The van der Waals surface area contributed by atoms with E-state index < -0.39 is 17.3 Å². The summed E-state index contributed by atoms with van der Waals surface area (Å²) in [6, 6.07) is 9.41. The monoisotopic (exact) mass is 305 g/mol. The van der Waals surface area contributed by atoms with Gasteiger partial charge in [-0.3, -0.25) is 9.36 Å². The van der Waals surface area contributed by atoms with Crippen molar-refractivity contribution in [3.05, 3.63) is 77.0 Å². The Balaban J connectivity index is 2.14. The first-order valence-electron chi connectivity index (χ1n) is 6.36. The maximum Gasteiger partial charge on any atom is 0.416 e. The molecular formula is C15H10F3N3O.